The minimum Gasteiger partial charge on any atom is -0.377 e. The van der Waals surface area contributed by atoms with Crippen LogP contribution in [0.5, 0.6) is 0 Å². The Morgan fingerprint density at radius 1 is 1.37 bits per heavy atom. The lowest BCUT2D eigenvalue weighted by molar-refractivity contribution is -0.118. The topological polar surface area (TPSA) is 30.5 Å². The summed E-state index contributed by atoms with van der Waals surface area (Å²) in [5.41, 5.74) is 0.141. The number of rotatable bonds is 5. The largest absolute Gasteiger partial charge is 0.377 e. The second kappa shape index (κ2) is 6.15. The first-order valence-corrected chi connectivity index (χ1v) is 6.91. The zero-order valence-electron chi connectivity index (χ0n) is 10.8. The molecule has 1 aliphatic carbocycles. The minimum atomic E-state index is -0.501. The molecule has 106 valence electrons. The molecule has 0 aromatic heterocycles. The van der Waals surface area contributed by atoms with Crippen LogP contribution in [0.2, 0.25) is 0 Å². The van der Waals surface area contributed by atoms with Crippen LogP contribution in [0.25, 0.3) is 0 Å². The van der Waals surface area contributed by atoms with Gasteiger partial charge < -0.3 is 14.8 Å². The molecule has 3 unspecified atom stereocenters. The van der Waals surface area contributed by atoms with Crippen LogP contribution < -0.4 is 5.32 Å². The average Bonchev–Trinajstić information content (AvgIpc) is 2.34. The summed E-state index contributed by atoms with van der Waals surface area (Å²) in [5.74, 6) is -0.999. The Morgan fingerprint density at radius 2 is 2.11 bits per heavy atom. The Kier molecular flexibility index (Phi) is 4.76. The quantitative estimate of drug-likeness (QED) is 0.837. The van der Waals surface area contributed by atoms with Crippen LogP contribution in [0, 0.1) is 11.6 Å². The second-order valence-corrected chi connectivity index (χ2v) is 5.28. The summed E-state index contributed by atoms with van der Waals surface area (Å²) in [6.45, 7) is 2.52. The van der Waals surface area contributed by atoms with Crippen LogP contribution in [0.1, 0.15) is 13.3 Å². The van der Waals surface area contributed by atoms with E-state index in [0.717, 1.165) is 12.1 Å². The van der Waals surface area contributed by atoms with Crippen LogP contribution in [-0.4, -0.2) is 32.0 Å². The molecule has 2 rings (SSSR count). The van der Waals surface area contributed by atoms with Crippen LogP contribution in [0.3, 0.4) is 0 Å². The highest BCUT2D eigenvalue weighted by atomic mass is 79.9. The third-order valence-electron chi connectivity index (χ3n) is 3.25. The van der Waals surface area contributed by atoms with E-state index in [2.05, 4.69) is 21.2 Å². The number of hydrogen-bond donors (Lipinski definition) is 1. The van der Waals surface area contributed by atoms with Crippen LogP contribution in [-0.2, 0) is 9.47 Å². The molecule has 1 aromatic rings. The lowest BCUT2D eigenvalue weighted by atomic mass is 9.85. The van der Waals surface area contributed by atoms with Gasteiger partial charge in [-0.05, 0) is 35.3 Å². The van der Waals surface area contributed by atoms with Crippen molar-refractivity contribution in [3.63, 3.8) is 0 Å². The zero-order valence-corrected chi connectivity index (χ0v) is 12.3. The van der Waals surface area contributed by atoms with Crippen molar-refractivity contribution in [2.75, 3.05) is 19.0 Å². The SMILES string of the molecule is CCOC1CC(Nc2cc(F)c(Br)cc2F)C1OC. The molecule has 1 aromatic carbocycles. The van der Waals surface area contributed by atoms with Crippen molar-refractivity contribution < 1.29 is 18.3 Å². The average molecular weight is 336 g/mol. The van der Waals surface area contributed by atoms with E-state index in [1.54, 1.807) is 7.11 Å². The molecule has 0 spiro atoms. The Bertz CT molecular complexity index is 459. The third-order valence-corrected chi connectivity index (χ3v) is 3.86. The molecule has 0 amide bonds. The number of benzene rings is 1. The van der Waals surface area contributed by atoms with Crippen LogP contribution in [0.4, 0.5) is 14.5 Å². The van der Waals surface area contributed by atoms with E-state index >= 15 is 0 Å². The number of nitrogens with one attached hydrogen (secondary N) is 1. The van der Waals surface area contributed by atoms with Gasteiger partial charge in [0.2, 0.25) is 0 Å². The lowest BCUT2D eigenvalue weighted by Crippen LogP contribution is -2.56. The maximum absolute atomic E-state index is 13.7. The van der Waals surface area contributed by atoms with Crippen LogP contribution in [0.15, 0.2) is 16.6 Å². The Morgan fingerprint density at radius 3 is 2.74 bits per heavy atom. The van der Waals surface area contributed by atoms with Gasteiger partial charge in [0.05, 0.1) is 22.3 Å². The predicted molar refractivity (Wildman–Crippen MR) is 72.3 cm³/mol. The Hall–Kier alpha value is -0.720. The van der Waals surface area contributed by atoms with E-state index in [1.807, 2.05) is 6.92 Å². The van der Waals surface area contributed by atoms with E-state index in [-0.39, 0.29) is 28.4 Å². The Labute approximate surface area is 119 Å². The smallest absolute Gasteiger partial charge is 0.147 e. The molecule has 0 bridgehead atoms. The first-order chi connectivity index (χ1) is 9.06. The van der Waals surface area contributed by atoms with Gasteiger partial charge in [-0.3, -0.25) is 0 Å². The fourth-order valence-electron chi connectivity index (χ4n) is 2.25. The number of anilines is 1. The van der Waals surface area contributed by atoms with Gasteiger partial charge in [0.1, 0.15) is 17.7 Å². The standard InChI is InChI=1S/C13H16BrF2NO2/c1-3-19-12-6-11(13(12)18-2)17-10-5-8(15)7(14)4-9(10)16/h4-5,11-13,17H,3,6H2,1-2H3. The van der Waals surface area contributed by atoms with E-state index < -0.39 is 11.6 Å². The first-order valence-electron chi connectivity index (χ1n) is 6.12. The third kappa shape index (κ3) is 3.07. The van der Waals surface area contributed by atoms with E-state index in [4.69, 9.17) is 9.47 Å². The number of methoxy groups -OCH3 is 1. The van der Waals surface area contributed by atoms with Crippen molar-refractivity contribution in [1.29, 1.82) is 0 Å². The molecule has 3 atom stereocenters. The lowest BCUT2D eigenvalue weighted by Gasteiger charge is -2.43. The van der Waals surface area contributed by atoms with Gasteiger partial charge in [0, 0.05) is 19.8 Å². The van der Waals surface area contributed by atoms with Gasteiger partial charge >= 0.3 is 0 Å². The molecule has 0 radical (unpaired) electrons. The van der Waals surface area contributed by atoms with Crippen LogP contribution >= 0.6 is 15.9 Å². The molecular weight excluding hydrogens is 320 g/mol. The van der Waals surface area contributed by atoms with Crippen molar-refractivity contribution in [1.82, 2.24) is 0 Å². The summed E-state index contributed by atoms with van der Waals surface area (Å²) in [4.78, 5) is 0. The van der Waals surface area contributed by atoms with Gasteiger partial charge in [-0.25, -0.2) is 8.78 Å². The van der Waals surface area contributed by atoms with Crippen molar-refractivity contribution in [2.45, 2.75) is 31.6 Å². The monoisotopic (exact) mass is 335 g/mol. The van der Waals surface area contributed by atoms with Crippen molar-refractivity contribution >= 4 is 21.6 Å². The van der Waals surface area contributed by atoms with Gasteiger partial charge in [0.15, 0.2) is 0 Å². The first kappa shape index (κ1) is 14.7. The van der Waals surface area contributed by atoms with E-state index in [9.17, 15) is 8.78 Å². The molecular formula is C13H16BrF2NO2. The highest BCUT2D eigenvalue weighted by molar-refractivity contribution is 9.10. The molecule has 0 heterocycles. The summed E-state index contributed by atoms with van der Waals surface area (Å²) in [5, 5.41) is 2.96. The number of ether oxygens (including phenoxy) is 2. The van der Waals surface area contributed by atoms with E-state index in [1.165, 1.54) is 0 Å². The van der Waals surface area contributed by atoms with Crippen molar-refractivity contribution in [3.05, 3.63) is 28.2 Å². The summed E-state index contributed by atoms with van der Waals surface area (Å²) in [7, 11) is 1.59. The van der Waals surface area contributed by atoms with Gasteiger partial charge in [-0.1, -0.05) is 0 Å². The van der Waals surface area contributed by atoms with Gasteiger partial charge in [0.25, 0.3) is 0 Å². The summed E-state index contributed by atoms with van der Waals surface area (Å²) < 4.78 is 38.0. The van der Waals surface area contributed by atoms with Gasteiger partial charge in [-0.15, -0.1) is 0 Å². The van der Waals surface area contributed by atoms with Crippen molar-refractivity contribution in [3.8, 4) is 0 Å². The van der Waals surface area contributed by atoms with E-state index in [0.29, 0.717) is 13.0 Å². The highest BCUT2D eigenvalue weighted by Gasteiger charge is 2.42. The molecule has 1 N–H and O–H groups in total. The van der Waals surface area contributed by atoms with Crippen molar-refractivity contribution in [2.24, 2.45) is 0 Å². The maximum Gasteiger partial charge on any atom is 0.147 e. The molecule has 0 aliphatic heterocycles. The Balaban J connectivity index is 2.04. The summed E-state index contributed by atoms with van der Waals surface area (Å²) >= 11 is 2.95. The normalized spacial score (nSPS) is 26.1. The summed E-state index contributed by atoms with van der Waals surface area (Å²) in [6, 6.07) is 2.18. The predicted octanol–water partition coefficient (Wildman–Crippen LogP) is 3.33. The number of halogens is 3. The molecule has 6 heteroatoms. The molecule has 1 fully saturated rings. The molecule has 1 saturated carbocycles. The molecule has 3 nitrogen and oxygen atoms in total. The molecule has 19 heavy (non-hydrogen) atoms. The summed E-state index contributed by atoms with van der Waals surface area (Å²) in [6.07, 6.45) is 0.575. The molecule has 0 saturated heterocycles. The van der Waals surface area contributed by atoms with Gasteiger partial charge in [-0.2, -0.15) is 0 Å². The zero-order chi connectivity index (χ0) is 14.0. The second-order valence-electron chi connectivity index (χ2n) is 4.43. The maximum atomic E-state index is 13.7. The minimum absolute atomic E-state index is 0.0101. The fraction of sp³-hybridized carbons (Fsp3) is 0.538. The fourth-order valence-corrected chi connectivity index (χ4v) is 2.56. The molecule has 1 aliphatic rings. The highest BCUT2D eigenvalue weighted by Crippen LogP contribution is 2.32. The number of hydrogen-bond acceptors (Lipinski definition) is 3.